The summed E-state index contributed by atoms with van der Waals surface area (Å²) in [7, 11) is 0. The van der Waals surface area contributed by atoms with Crippen molar-refractivity contribution in [2.24, 2.45) is 0 Å². The first kappa shape index (κ1) is 20.3. The highest BCUT2D eigenvalue weighted by Crippen LogP contribution is 2.25. The molecule has 1 aliphatic heterocycles. The minimum absolute atomic E-state index is 0. The standard InChI is InChI=1S/C23H25N2O2.BrH/c1-3-27-20-12-10-19(11-13-20)22(26)16-24-15-21(25-14-4-5-23(24)25)18-8-6-17(2)7-9-18;/h6-13,15H,3-5,14,16H2,1-2H3;1H/q+1;/p-1. The van der Waals surface area contributed by atoms with Crippen LogP contribution < -0.4 is 26.3 Å². The molecule has 2 aromatic carbocycles. The molecule has 4 rings (SSSR count). The van der Waals surface area contributed by atoms with Crippen molar-refractivity contribution in [3.05, 3.63) is 71.7 Å². The van der Waals surface area contributed by atoms with Crippen molar-refractivity contribution in [2.45, 2.75) is 39.8 Å². The molecule has 0 aliphatic carbocycles. The molecule has 0 saturated heterocycles. The molecular formula is C23H25BrN2O2. The molecule has 4 nitrogen and oxygen atoms in total. The molecule has 146 valence electrons. The zero-order valence-corrected chi connectivity index (χ0v) is 17.9. The van der Waals surface area contributed by atoms with Crippen molar-refractivity contribution < 1.29 is 31.1 Å². The predicted octanol–water partition coefficient (Wildman–Crippen LogP) is 0.983. The lowest BCUT2D eigenvalue weighted by atomic mass is 10.1. The molecule has 0 radical (unpaired) electrons. The van der Waals surface area contributed by atoms with Gasteiger partial charge in [0.2, 0.25) is 5.78 Å². The molecule has 3 aromatic rings. The van der Waals surface area contributed by atoms with Crippen LogP contribution >= 0.6 is 0 Å². The SMILES string of the molecule is CCOc1ccc(C(=O)C[n+]2cc(-c3ccc(C)cc3)n3c2CCC3)cc1.[Br-]. The van der Waals surface area contributed by atoms with Gasteiger partial charge in [-0.25, -0.2) is 9.13 Å². The molecule has 0 unspecified atom stereocenters. The van der Waals surface area contributed by atoms with Crippen molar-refractivity contribution in [1.29, 1.82) is 0 Å². The molecule has 0 atom stereocenters. The van der Waals surface area contributed by atoms with Gasteiger partial charge in [-0.05, 0) is 44.5 Å². The average Bonchev–Trinajstić information content (AvgIpc) is 3.27. The quantitative estimate of drug-likeness (QED) is 0.423. The molecule has 0 bridgehead atoms. The van der Waals surface area contributed by atoms with E-state index in [1.165, 1.54) is 22.6 Å². The Bertz CT molecular complexity index is 960. The summed E-state index contributed by atoms with van der Waals surface area (Å²) in [6.07, 6.45) is 4.28. The molecule has 0 fully saturated rings. The lowest BCUT2D eigenvalue weighted by Gasteiger charge is -2.04. The van der Waals surface area contributed by atoms with Crippen LogP contribution in [-0.4, -0.2) is 17.0 Å². The summed E-state index contributed by atoms with van der Waals surface area (Å²) in [5.41, 5.74) is 4.38. The first-order valence-corrected chi connectivity index (χ1v) is 9.60. The maximum atomic E-state index is 12.8. The fourth-order valence-electron chi connectivity index (χ4n) is 3.75. The van der Waals surface area contributed by atoms with Crippen molar-refractivity contribution in [3.8, 4) is 17.0 Å². The fraction of sp³-hybridized carbons (Fsp3) is 0.304. The van der Waals surface area contributed by atoms with E-state index in [-0.39, 0.29) is 22.8 Å². The van der Waals surface area contributed by atoms with Gasteiger partial charge in [0, 0.05) is 11.1 Å². The summed E-state index contributed by atoms with van der Waals surface area (Å²) in [5.74, 6) is 2.16. The van der Waals surface area contributed by atoms with Crippen LogP contribution in [-0.2, 0) is 19.5 Å². The number of hydrogen-bond acceptors (Lipinski definition) is 2. The molecule has 0 spiro atoms. The average molecular weight is 441 g/mol. The molecule has 28 heavy (non-hydrogen) atoms. The van der Waals surface area contributed by atoms with Gasteiger partial charge in [-0.2, -0.15) is 0 Å². The van der Waals surface area contributed by atoms with Gasteiger partial charge >= 0.3 is 0 Å². The lowest BCUT2D eigenvalue weighted by Crippen LogP contribution is -3.00. The van der Waals surface area contributed by atoms with E-state index in [1.54, 1.807) is 0 Å². The maximum absolute atomic E-state index is 12.8. The monoisotopic (exact) mass is 440 g/mol. The number of ketones is 1. The van der Waals surface area contributed by atoms with Crippen LogP contribution in [0.1, 0.15) is 35.1 Å². The van der Waals surface area contributed by atoms with Gasteiger partial charge in [0.1, 0.15) is 11.9 Å². The Hall–Kier alpha value is -2.40. The van der Waals surface area contributed by atoms with Crippen LogP contribution in [0.4, 0.5) is 0 Å². The van der Waals surface area contributed by atoms with Gasteiger partial charge in [0.25, 0.3) is 5.82 Å². The fourth-order valence-corrected chi connectivity index (χ4v) is 3.75. The number of imidazole rings is 1. The third-order valence-corrected chi connectivity index (χ3v) is 5.14. The van der Waals surface area contributed by atoms with Crippen molar-refractivity contribution in [2.75, 3.05) is 6.61 Å². The number of rotatable bonds is 6. The molecule has 1 aromatic heterocycles. The van der Waals surface area contributed by atoms with E-state index in [1.807, 2.05) is 31.2 Å². The summed E-state index contributed by atoms with van der Waals surface area (Å²) >= 11 is 0. The first-order valence-electron chi connectivity index (χ1n) is 9.60. The van der Waals surface area contributed by atoms with E-state index in [4.69, 9.17) is 4.74 Å². The second-order valence-electron chi connectivity index (χ2n) is 7.06. The highest BCUT2D eigenvalue weighted by molar-refractivity contribution is 5.95. The highest BCUT2D eigenvalue weighted by atomic mass is 79.9. The van der Waals surface area contributed by atoms with Crippen molar-refractivity contribution in [1.82, 2.24) is 4.57 Å². The van der Waals surface area contributed by atoms with E-state index in [0.717, 1.165) is 30.7 Å². The lowest BCUT2D eigenvalue weighted by molar-refractivity contribution is -0.689. The van der Waals surface area contributed by atoms with Crippen LogP contribution in [0, 0.1) is 6.92 Å². The molecule has 0 saturated carbocycles. The van der Waals surface area contributed by atoms with Gasteiger partial charge in [0.05, 0.1) is 19.6 Å². The Balaban J connectivity index is 0.00000225. The number of Topliss-reactive ketones (excluding diaryl/α,β-unsaturated/α-hetero) is 1. The number of nitrogens with zero attached hydrogens (tertiary/aromatic N) is 2. The van der Waals surface area contributed by atoms with E-state index in [9.17, 15) is 4.79 Å². The zero-order valence-electron chi connectivity index (χ0n) is 16.3. The number of benzene rings is 2. The van der Waals surface area contributed by atoms with E-state index < -0.39 is 0 Å². The van der Waals surface area contributed by atoms with Gasteiger partial charge in [-0.3, -0.25) is 4.79 Å². The van der Waals surface area contributed by atoms with Gasteiger partial charge < -0.3 is 21.7 Å². The Kier molecular flexibility index (Phi) is 6.35. The predicted molar refractivity (Wildman–Crippen MR) is 105 cm³/mol. The second-order valence-corrected chi connectivity index (χ2v) is 7.06. The molecule has 0 amide bonds. The molecule has 5 heteroatoms. The third kappa shape index (κ3) is 4.04. The van der Waals surface area contributed by atoms with Gasteiger partial charge in [-0.15, -0.1) is 0 Å². The topological polar surface area (TPSA) is 35.1 Å². The summed E-state index contributed by atoms with van der Waals surface area (Å²) in [5, 5.41) is 0. The number of fused-ring (bicyclic) bond motifs is 1. The van der Waals surface area contributed by atoms with E-state index in [0.29, 0.717) is 13.2 Å². The largest absolute Gasteiger partial charge is 1.00 e. The van der Waals surface area contributed by atoms with Crippen LogP contribution in [0.5, 0.6) is 5.75 Å². The number of ether oxygens (including phenoxy) is 1. The van der Waals surface area contributed by atoms with Crippen LogP contribution in [0.15, 0.2) is 54.7 Å². The first-order chi connectivity index (χ1) is 13.2. The number of aryl methyl sites for hydroxylation is 1. The number of carbonyl (C=O) groups excluding carboxylic acids is 1. The molecule has 0 N–H and O–H groups in total. The smallest absolute Gasteiger partial charge is 0.257 e. The maximum Gasteiger partial charge on any atom is 0.257 e. The van der Waals surface area contributed by atoms with Gasteiger partial charge in [0.15, 0.2) is 12.2 Å². The van der Waals surface area contributed by atoms with Crippen LogP contribution in [0.3, 0.4) is 0 Å². The number of carbonyl (C=O) groups is 1. The second kappa shape index (κ2) is 8.74. The molecule has 2 heterocycles. The molecular weight excluding hydrogens is 416 g/mol. The summed E-state index contributed by atoms with van der Waals surface area (Å²) in [6, 6.07) is 16.0. The third-order valence-electron chi connectivity index (χ3n) is 5.14. The van der Waals surface area contributed by atoms with Crippen LogP contribution in [0.25, 0.3) is 11.3 Å². The summed E-state index contributed by atoms with van der Waals surface area (Å²) in [6.45, 7) is 6.07. The van der Waals surface area contributed by atoms with E-state index >= 15 is 0 Å². The van der Waals surface area contributed by atoms with Crippen molar-refractivity contribution in [3.63, 3.8) is 0 Å². The minimum Gasteiger partial charge on any atom is -1.00 e. The minimum atomic E-state index is 0. The number of halogens is 1. The van der Waals surface area contributed by atoms with Gasteiger partial charge in [-0.1, -0.05) is 29.8 Å². The normalized spacial score (nSPS) is 12.4. The Morgan fingerprint density at radius 1 is 1.11 bits per heavy atom. The Labute approximate surface area is 176 Å². The Morgan fingerprint density at radius 2 is 1.82 bits per heavy atom. The highest BCUT2D eigenvalue weighted by Gasteiger charge is 2.29. The molecule has 1 aliphatic rings. The number of aromatic nitrogens is 2. The summed E-state index contributed by atoms with van der Waals surface area (Å²) in [4.78, 5) is 12.8. The van der Waals surface area contributed by atoms with E-state index in [2.05, 4.69) is 46.5 Å². The number of hydrogen-bond donors (Lipinski definition) is 0. The summed E-state index contributed by atoms with van der Waals surface area (Å²) < 4.78 is 9.94. The van der Waals surface area contributed by atoms with Crippen LogP contribution in [0.2, 0.25) is 0 Å². The van der Waals surface area contributed by atoms with Crippen molar-refractivity contribution >= 4 is 5.78 Å². The Morgan fingerprint density at radius 3 is 2.50 bits per heavy atom. The zero-order chi connectivity index (χ0) is 18.8.